The van der Waals surface area contributed by atoms with Crippen LogP contribution in [-0.4, -0.2) is 24.6 Å². The number of rotatable bonds is 8. The fourth-order valence-electron chi connectivity index (χ4n) is 1.66. The lowest BCUT2D eigenvalue weighted by Gasteiger charge is -2.13. The van der Waals surface area contributed by atoms with Gasteiger partial charge in [-0.3, -0.25) is 4.79 Å². The number of carbonyl (C=O) groups excluding carboxylic acids is 1. The van der Waals surface area contributed by atoms with Crippen LogP contribution in [0.25, 0.3) is 0 Å². The molecule has 1 aromatic carbocycles. The molecule has 0 aromatic heterocycles. The molecule has 1 unspecified atom stereocenters. The Hall–Kier alpha value is -1.26. The van der Waals surface area contributed by atoms with Crippen molar-refractivity contribution in [2.75, 3.05) is 6.61 Å². The minimum absolute atomic E-state index is 0.0202. The molecule has 0 fully saturated rings. The van der Waals surface area contributed by atoms with Gasteiger partial charge in [0.1, 0.15) is 5.75 Å². The van der Waals surface area contributed by atoms with Crippen molar-refractivity contribution >= 4 is 17.5 Å². The Morgan fingerprint density at radius 2 is 2.05 bits per heavy atom. The zero-order valence-corrected chi connectivity index (χ0v) is 14.0. The Labute approximate surface area is 132 Å². The van der Waals surface area contributed by atoms with E-state index in [9.17, 15) is 4.79 Å². The Bertz CT molecular complexity index is 464. The second-order valence-electron chi connectivity index (χ2n) is 5.47. The first-order valence-corrected chi connectivity index (χ1v) is 7.74. The lowest BCUT2D eigenvalue weighted by molar-refractivity contribution is -0.123. The summed E-state index contributed by atoms with van der Waals surface area (Å²) in [6, 6.07) is 6.18. The van der Waals surface area contributed by atoms with E-state index in [0.29, 0.717) is 16.8 Å². The molecule has 118 valence electrons. The first-order valence-electron chi connectivity index (χ1n) is 7.36. The number of halogens is 1. The third-order valence-electron chi connectivity index (χ3n) is 3.09. The molecular formula is C16H25ClN2O2. The fraction of sp³-hybridized carbons (Fsp3) is 0.562. The lowest BCUT2D eigenvalue weighted by Crippen LogP contribution is -2.35. The van der Waals surface area contributed by atoms with Crippen LogP contribution in [-0.2, 0) is 11.3 Å². The monoisotopic (exact) mass is 312 g/mol. The Kier molecular flexibility index (Phi) is 7.54. The van der Waals surface area contributed by atoms with Crippen LogP contribution >= 0.6 is 11.6 Å². The van der Waals surface area contributed by atoms with Gasteiger partial charge in [0.2, 0.25) is 0 Å². The van der Waals surface area contributed by atoms with Gasteiger partial charge < -0.3 is 15.4 Å². The molecule has 5 heteroatoms. The first kappa shape index (κ1) is 17.8. The van der Waals surface area contributed by atoms with Crippen molar-refractivity contribution in [1.29, 1.82) is 0 Å². The molecule has 0 aliphatic heterocycles. The fourth-order valence-corrected chi connectivity index (χ4v) is 1.91. The van der Waals surface area contributed by atoms with Crippen molar-refractivity contribution in [3.63, 3.8) is 0 Å². The molecular weight excluding hydrogens is 288 g/mol. The van der Waals surface area contributed by atoms with Gasteiger partial charge in [-0.1, -0.05) is 38.4 Å². The Morgan fingerprint density at radius 3 is 2.62 bits per heavy atom. The summed E-state index contributed by atoms with van der Waals surface area (Å²) in [6.07, 6.45) is 0.893. The summed E-state index contributed by atoms with van der Waals surface area (Å²) in [4.78, 5) is 11.7. The summed E-state index contributed by atoms with van der Waals surface area (Å²) in [5, 5.41) is 6.69. The summed E-state index contributed by atoms with van der Waals surface area (Å²) >= 11 is 6.18. The Balaban J connectivity index is 2.51. The van der Waals surface area contributed by atoms with Crippen molar-refractivity contribution in [3.05, 3.63) is 28.8 Å². The van der Waals surface area contributed by atoms with Crippen molar-refractivity contribution in [2.45, 2.75) is 52.7 Å². The number of carbonyl (C=O) groups is 1. The van der Waals surface area contributed by atoms with Gasteiger partial charge in [0, 0.05) is 18.6 Å². The molecule has 0 heterocycles. The smallest absolute Gasteiger partial charge is 0.258 e. The number of hydrogen-bond acceptors (Lipinski definition) is 3. The summed E-state index contributed by atoms with van der Waals surface area (Å²) in [5.41, 5.74) is 1.09. The molecule has 1 atom stereocenters. The topological polar surface area (TPSA) is 50.4 Å². The molecule has 0 radical (unpaired) electrons. The highest BCUT2D eigenvalue weighted by molar-refractivity contribution is 6.32. The maximum atomic E-state index is 11.7. The van der Waals surface area contributed by atoms with Crippen LogP contribution in [0.5, 0.6) is 5.75 Å². The molecule has 4 nitrogen and oxygen atoms in total. The second kappa shape index (κ2) is 8.90. The van der Waals surface area contributed by atoms with Crippen LogP contribution in [0.2, 0.25) is 5.02 Å². The zero-order chi connectivity index (χ0) is 15.8. The molecule has 0 aliphatic carbocycles. The van der Waals surface area contributed by atoms with Crippen LogP contribution in [0.1, 0.15) is 39.7 Å². The van der Waals surface area contributed by atoms with E-state index < -0.39 is 0 Å². The highest BCUT2D eigenvalue weighted by atomic mass is 35.5. The van der Waals surface area contributed by atoms with E-state index in [-0.39, 0.29) is 18.6 Å². The number of hydrogen-bond donors (Lipinski definition) is 2. The van der Waals surface area contributed by atoms with Gasteiger partial charge in [0.25, 0.3) is 5.91 Å². The molecule has 0 saturated heterocycles. The van der Waals surface area contributed by atoms with Crippen LogP contribution < -0.4 is 15.4 Å². The minimum atomic E-state index is -0.133. The van der Waals surface area contributed by atoms with E-state index in [0.717, 1.165) is 18.5 Å². The van der Waals surface area contributed by atoms with Gasteiger partial charge in [-0.25, -0.2) is 0 Å². The SMILES string of the molecule is CCC(C)NC(=O)COc1ccc(CNC(C)C)cc1Cl. The number of ether oxygens (including phenoxy) is 1. The number of amides is 1. The van der Waals surface area contributed by atoms with Crippen LogP contribution in [0.3, 0.4) is 0 Å². The molecule has 1 amide bonds. The average Bonchev–Trinajstić information content (AvgIpc) is 2.43. The Morgan fingerprint density at radius 1 is 1.33 bits per heavy atom. The highest BCUT2D eigenvalue weighted by Crippen LogP contribution is 2.25. The largest absolute Gasteiger partial charge is 0.482 e. The quantitative estimate of drug-likeness (QED) is 0.775. The highest BCUT2D eigenvalue weighted by Gasteiger charge is 2.09. The predicted octanol–water partition coefficient (Wildman–Crippen LogP) is 3.13. The molecule has 1 aromatic rings. The van der Waals surface area contributed by atoms with E-state index in [1.807, 2.05) is 26.0 Å². The van der Waals surface area contributed by atoms with Crippen molar-refractivity contribution in [3.8, 4) is 5.75 Å². The van der Waals surface area contributed by atoms with E-state index in [1.165, 1.54) is 0 Å². The standard InChI is InChI=1S/C16H25ClN2O2/c1-5-12(4)19-16(20)10-21-15-7-6-13(8-14(15)17)9-18-11(2)3/h6-8,11-12,18H,5,9-10H2,1-4H3,(H,19,20). The van der Waals surface area contributed by atoms with E-state index in [4.69, 9.17) is 16.3 Å². The van der Waals surface area contributed by atoms with Gasteiger partial charge in [-0.15, -0.1) is 0 Å². The number of benzene rings is 1. The summed E-state index contributed by atoms with van der Waals surface area (Å²) in [5.74, 6) is 0.398. The van der Waals surface area contributed by atoms with Gasteiger partial charge in [-0.2, -0.15) is 0 Å². The van der Waals surface area contributed by atoms with Gasteiger partial charge in [0.05, 0.1) is 5.02 Å². The van der Waals surface area contributed by atoms with E-state index in [2.05, 4.69) is 24.5 Å². The molecule has 0 aliphatic rings. The summed E-state index contributed by atoms with van der Waals surface area (Å²) in [7, 11) is 0. The maximum Gasteiger partial charge on any atom is 0.258 e. The molecule has 1 rings (SSSR count). The van der Waals surface area contributed by atoms with Crippen LogP contribution in [0.15, 0.2) is 18.2 Å². The first-order chi connectivity index (χ1) is 9.92. The van der Waals surface area contributed by atoms with Gasteiger partial charge in [0.15, 0.2) is 6.61 Å². The normalized spacial score (nSPS) is 12.3. The average molecular weight is 313 g/mol. The maximum absolute atomic E-state index is 11.7. The van der Waals surface area contributed by atoms with Crippen molar-refractivity contribution in [1.82, 2.24) is 10.6 Å². The zero-order valence-electron chi connectivity index (χ0n) is 13.2. The molecule has 0 spiro atoms. The molecule has 0 bridgehead atoms. The minimum Gasteiger partial charge on any atom is -0.482 e. The third-order valence-corrected chi connectivity index (χ3v) is 3.38. The second-order valence-corrected chi connectivity index (χ2v) is 5.87. The van der Waals surface area contributed by atoms with E-state index >= 15 is 0 Å². The van der Waals surface area contributed by atoms with Gasteiger partial charge in [-0.05, 0) is 31.0 Å². The van der Waals surface area contributed by atoms with Crippen LogP contribution in [0, 0.1) is 0 Å². The molecule has 21 heavy (non-hydrogen) atoms. The van der Waals surface area contributed by atoms with Gasteiger partial charge >= 0.3 is 0 Å². The molecule has 0 saturated carbocycles. The lowest BCUT2D eigenvalue weighted by atomic mass is 10.2. The predicted molar refractivity (Wildman–Crippen MR) is 86.8 cm³/mol. The number of nitrogens with one attached hydrogen (secondary N) is 2. The summed E-state index contributed by atoms with van der Waals surface area (Å²) < 4.78 is 5.46. The van der Waals surface area contributed by atoms with Crippen molar-refractivity contribution < 1.29 is 9.53 Å². The summed E-state index contributed by atoms with van der Waals surface area (Å²) in [6.45, 7) is 8.90. The van der Waals surface area contributed by atoms with E-state index in [1.54, 1.807) is 6.07 Å². The third kappa shape index (κ3) is 6.82. The van der Waals surface area contributed by atoms with Crippen LogP contribution in [0.4, 0.5) is 0 Å². The van der Waals surface area contributed by atoms with Crippen molar-refractivity contribution in [2.24, 2.45) is 0 Å². The molecule has 2 N–H and O–H groups in total.